The second-order valence-corrected chi connectivity index (χ2v) is 9.84. The highest BCUT2D eigenvalue weighted by Crippen LogP contribution is 2.35. The Hall–Kier alpha value is -2.04. The van der Waals surface area contributed by atoms with E-state index in [0.717, 1.165) is 38.6 Å². The van der Waals surface area contributed by atoms with Crippen LogP contribution in [0.15, 0.2) is 30.3 Å². The normalized spacial score (nSPS) is 21.5. The smallest absolute Gasteiger partial charge is 0.410 e. The molecule has 2 aliphatic heterocycles. The van der Waals surface area contributed by atoms with Gasteiger partial charge in [-0.15, -0.1) is 0 Å². The van der Waals surface area contributed by atoms with E-state index in [1.807, 2.05) is 20.8 Å². The van der Waals surface area contributed by atoms with Crippen molar-refractivity contribution in [3.63, 3.8) is 0 Å². The van der Waals surface area contributed by atoms with Gasteiger partial charge in [0.05, 0.1) is 0 Å². The molecule has 0 radical (unpaired) electrons. The number of hydrogen-bond acceptors (Lipinski definition) is 3. The van der Waals surface area contributed by atoms with Gasteiger partial charge in [-0.2, -0.15) is 0 Å². The van der Waals surface area contributed by atoms with Crippen molar-refractivity contribution in [1.29, 1.82) is 0 Å². The lowest BCUT2D eigenvalue weighted by molar-refractivity contribution is -0.133. The molecule has 0 N–H and O–H groups in total. The van der Waals surface area contributed by atoms with E-state index in [1.54, 1.807) is 4.90 Å². The van der Waals surface area contributed by atoms with Crippen molar-refractivity contribution in [3.05, 3.63) is 35.9 Å². The SMILES string of the molecule is CCC(c1ccccc1)C1CCCN1C(=O)CC1CCN(C(=O)OC(C)(C)C)CC1. The lowest BCUT2D eigenvalue weighted by Gasteiger charge is -2.35. The summed E-state index contributed by atoms with van der Waals surface area (Å²) in [7, 11) is 0. The second kappa shape index (κ2) is 9.84. The molecule has 1 aromatic rings. The van der Waals surface area contributed by atoms with Gasteiger partial charge in [-0.3, -0.25) is 4.79 Å². The van der Waals surface area contributed by atoms with E-state index in [4.69, 9.17) is 4.74 Å². The van der Waals surface area contributed by atoms with Gasteiger partial charge in [0.2, 0.25) is 5.91 Å². The second-order valence-electron chi connectivity index (χ2n) is 9.84. The highest BCUT2D eigenvalue weighted by Gasteiger charge is 2.36. The number of amides is 2. The molecule has 2 unspecified atom stereocenters. The van der Waals surface area contributed by atoms with Crippen LogP contribution in [0.4, 0.5) is 4.79 Å². The van der Waals surface area contributed by atoms with Gasteiger partial charge in [0, 0.05) is 38.0 Å². The molecule has 2 saturated heterocycles. The first-order valence-electron chi connectivity index (χ1n) is 11.6. The van der Waals surface area contributed by atoms with Crippen molar-refractivity contribution < 1.29 is 14.3 Å². The van der Waals surface area contributed by atoms with Gasteiger partial charge in [-0.1, -0.05) is 37.3 Å². The average molecular weight is 415 g/mol. The van der Waals surface area contributed by atoms with E-state index in [0.29, 0.717) is 43.3 Å². The van der Waals surface area contributed by atoms with Gasteiger partial charge in [-0.05, 0) is 64.4 Å². The first-order chi connectivity index (χ1) is 14.3. The van der Waals surface area contributed by atoms with Crippen LogP contribution in [0.1, 0.15) is 77.7 Å². The van der Waals surface area contributed by atoms with Crippen molar-refractivity contribution in [3.8, 4) is 0 Å². The Morgan fingerprint density at radius 3 is 2.33 bits per heavy atom. The largest absolute Gasteiger partial charge is 0.444 e. The Balaban J connectivity index is 1.54. The van der Waals surface area contributed by atoms with Crippen LogP contribution in [-0.4, -0.2) is 53.1 Å². The molecule has 0 spiro atoms. The van der Waals surface area contributed by atoms with E-state index in [-0.39, 0.29) is 6.09 Å². The minimum atomic E-state index is -0.469. The highest BCUT2D eigenvalue weighted by atomic mass is 16.6. The maximum atomic E-state index is 13.2. The van der Waals surface area contributed by atoms with Crippen LogP contribution in [-0.2, 0) is 9.53 Å². The summed E-state index contributed by atoms with van der Waals surface area (Å²) in [6.45, 7) is 10.1. The number of carbonyl (C=O) groups excluding carboxylic acids is 2. The number of ether oxygens (including phenoxy) is 1. The first kappa shape index (κ1) is 22.6. The predicted molar refractivity (Wildman–Crippen MR) is 119 cm³/mol. The molecule has 0 bridgehead atoms. The Labute approximate surface area is 181 Å². The van der Waals surface area contributed by atoms with Crippen LogP contribution >= 0.6 is 0 Å². The standard InChI is InChI=1S/C25H38N2O3/c1-5-21(20-10-7-6-8-11-20)22-12-9-15-27(22)23(28)18-19-13-16-26(17-14-19)24(29)30-25(2,3)4/h6-8,10-11,19,21-22H,5,9,12-18H2,1-4H3. The summed E-state index contributed by atoms with van der Waals surface area (Å²) in [6.07, 6.45) is 5.35. The van der Waals surface area contributed by atoms with E-state index < -0.39 is 5.60 Å². The molecule has 5 nitrogen and oxygen atoms in total. The third kappa shape index (κ3) is 5.77. The van der Waals surface area contributed by atoms with Crippen molar-refractivity contribution in [2.45, 2.75) is 83.8 Å². The van der Waals surface area contributed by atoms with Crippen molar-refractivity contribution >= 4 is 12.0 Å². The molecule has 5 heteroatoms. The minimum absolute atomic E-state index is 0.236. The van der Waals surface area contributed by atoms with Gasteiger partial charge < -0.3 is 14.5 Å². The zero-order valence-electron chi connectivity index (χ0n) is 19.1. The average Bonchev–Trinajstić information content (AvgIpc) is 3.18. The van der Waals surface area contributed by atoms with E-state index >= 15 is 0 Å². The number of rotatable bonds is 5. The summed E-state index contributed by atoms with van der Waals surface area (Å²) in [5.41, 5.74) is 0.874. The predicted octanol–water partition coefficient (Wildman–Crippen LogP) is 5.21. The van der Waals surface area contributed by atoms with Crippen LogP contribution < -0.4 is 0 Å². The number of piperidine rings is 1. The zero-order valence-corrected chi connectivity index (χ0v) is 19.1. The van der Waals surface area contributed by atoms with Crippen LogP contribution in [0.25, 0.3) is 0 Å². The van der Waals surface area contributed by atoms with Crippen molar-refractivity contribution in [2.24, 2.45) is 5.92 Å². The molecule has 3 rings (SSSR count). The van der Waals surface area contributed by atoms with E-state index in [1.165, 1.54) is 5.56 Å². The fourth-order valence-electron chi connectivity index (χ4n) is 4.96. The van der Waals surface area contributed by atoms with Crippen LogP contribution in [0.3, 0.4) is 0 Å². The number of nitrogens with zero attached hydrogens (tertiary/aromatic N) is 2. The molecular weight excluding hydrogens is 376 g/mol. The number of carbonyl (C=O) groups is 2. The van der Waals surface area contributed by atoms with Crippen LogP contribution in [0.2, 0.25) is 0 Å². The van der Waals surface area contributed by atoms with Crippen molar-refractivity contribution in [1.82, 2.24) is 9.80 Å². The summed E-state index contributed by atoms with van der Waals surface area (Å²) in [4.78, 5) is 29.4. The summed E-state index contributed by atoms with van der Waals surface area (Å²) < 4.78 is 5.48. The molecule has 0 saturated carbocycles. The molecule has 0 aromatic heterocycles. The van der Waals surface area contributed by atoms with Gasteiger partial charge >= 0.3 is 6.09 Å². The van der Waals surface area contributed by atoms with Gasteiger partial charge in [0.25, 0.3) is 0 Å². The highest BCUT2D eigenvalue weighted by molar-refractivity contribution is 5.77. The monoisotopic (exact) mass is 414 g/mol. The summed E-state index contributed by atoms with van der Waals surface area (Å²) >= 11 is 0. The quantitative estimate of drug-likeness (QED) is 0.665. The Bertz CT molecular complexity index is 705. The third-order valence-electron chi connectivity index (χ3n) is 6.48. The summed E-state index contributed by atoms with van der Waals surface area (Å²) in [6, 6.07) is 10.9. The van der Waals surface area contributed by atoms with Gasteiger partial charge in [0.1, 0.15) is 5.60 Å². The first-order valence-corrected chi connectivity index (χ1v) is 11.6. The maximum Gasteiger partial charge on any atom is 0.410 e. The minimum Gasteiger partial charge on any atom is -0.444 e. The topological polar surface area (TPSA) is 49.9 Å². The fraction of sp³-hybridized carbons (Fsp3) is 0.680. The van der Waals surface area contributed by atoms with Crippen molar-refractivity contribution in [2.75, 3.05) is 19.6 Å². The third-order valence-corrected chi connectivity index (χ3v) is 6.48. The molecule has 2 aliphatic rings. The van der Waals surface area contributed by atoms with Gasteiger partial charge in [-0.25, -0.2) is 4.79 Å². The molecular formula is C25H38N2O3. The van der Waals surface area contributed by atoms with E-state index in [2.05, 4.69) is 42.2 Å². The van der Waals surface area contributed by atoms with E-state index in [9.17, 15) is 9.59 Å². The molecule has 2 atom stereocenters. The zero-order chi connectivity index (χ0) is 21.7. The Kier molecular flexibility index (Phi) is 7.43. The maximum absolute atomic E-state index is 13.2. The molecule has 1 aromatic carbocycles. The molecule has 30 heavy (non-hydrogen) atoms. The Morgan fingerprint density at radius 1 is 1.07 bits per heavy atom. The molecule has 166 valence electrons. The Morgan fingerprint density at radius 2 is 1.73 bits per heavy atom. The lowest BCUT2D eigenvalue weighted by atomic mass is 9.87. The summed E-state index contributed by atoms with van der Waals surface area (Å²) in [5, 5.41) is 0. The fourth-order valence-corrected chi connectivity index (χ4v) is 4.96. The van der Waals surface area contributed by atoms with Gasteiger partial charge in [0.15, 0.2) is 0 Å². The summed E-state index contributed by atoms with van der Waals surface area (Å²) in [5.74, 6) is 1.06. The van der Waals surface area contributed by atoms with Crippen LogP contribution in [0.5, 0.6) is 0 Å². The number of benzene rings is 1. The number of hydrogen-bond donors (Lipinski definition) is 0. The molecule has 2 amide bonds. The molecule has 0 aliphatic carbocycles. The van der Waals surface area contributed by atoms with Crippen LogP contribution in [0, 0.1) is 5.92 Å². The molecule has 2 fully saturated rings. The lowest BCUT2D eigenvalue weighted by Crippen LogP contribution is -2.43. The molecule has 2 heterocycles. The number of likely N-dealkylation sites (tertiary alicyclic amines) is 2.